The predicted octanol–water partition coefficient (Wildman–Crippen LogP) is 4.08. The fourth-order valence-corrected chi connectivity index (χ4v) is 3.24. The fourth-order valence-electron chi connectivity index (χ4n) is 2.69. The first-order chi connectivity index (χ1) is 14.5. The monoisotopic (exact) mass is 450 g/mol. The molecule has 0 spiro atoms. The SMILES string of the molecule is CSCCC(NC(=O)c1ccc(NC(=O)OCCCl)cc1-c1ccccc1)C(=O)O. The van der Waals surface area contributed by atoms with Crippen molar-refractivity contribution in [3.8, 4) is 11.1 Å². The third-order valence-electron chi connectivity index (χ3n) is 4.12. The van der Waals surface area contributed by atoms with Gasteiger partial charge in [0.15, 0.2) is 0 Å². The van der Waals surface area contributed by atoms with E-state index in [-0.39, 0.29) is 12.5 Å². The number of amides is 2. The topological polar surface area (TPSA) is 105 Å². The van der Waals surface area contributed by atoms with E-state index in [1.165, 1.54) is 11.8 Å². The molecule has 0 radical (unpaired) electrons. The normalized spacial score (nSPS) is 11.4. The first-order valence-electron chi connectivity index (χ1n) is 9.18. The van der Waals surface area contributed by atoms with Crippen LogP contribution in [0.2, 0.25) is 0 Å². The second-order valence-corrected chi connectivity index (χ2v) is 7.59. The molecule has 7 nitrogen and oxygen atoms in total. The van der Waals surface area contributed by atoms with E-state index < -0.39 is 24.0 Å². The molecular weight excluding hydrogens is 428 g/mol. The van der Waals surface area contributed by atoms with Crippen LogP contribution in [-0.2, 0) is 9.53 Å². The van der Waals surface area contributed by atoms with Crippen LogP contribution in [0.25, 0.3) is 11.1 Å². The number of aliphatic carboxylic acids is 1. The van der Waals surface area contributed by atoms with Gasteiger partial charge in [-0.1, -0.05) is 30.3 Å². The van der Waals surface area contributed by atoms with Crippen molar-refractivity contribution in [1.29, 1.82) is 0 Å². The maximum Gasteiger partial charge on any atom is 0.411 e. The van der Waals surface area contributed by atoms with Crippen LogP contribution < -0.4 is 10.6 Å². The minimum absolute atomic E-state index is 0.0754. The van der Waals surface area contributed by atoms with E-state index in [9.17, 15) is 19.5 Å². The number of ether oxygens (including phenoxy) is 1. The van der Waals surface area contributed by atoms with Crippen LogP contribution in [0.5, 0.6) is 0 Å². The first kappa shape index (κ1) is 23.6. The molecule has 0 aliphatic rings. The molecule has 2 aromatic rings. The minimum Gasteiger partial charge on any atom is -0.480 e. The molecule has 0 aliphatic heterocycles. The summed E-state index contributed by atoms with van der Waals surface area (Å²) in [6.07, 6.45) is 1.53. The van der Waals surface area contributed by atoms with Gasteiger partial charge in [-0.25, -0.2) is 9.59 Å². The molecule has 0 aliphatic carbocycles. The predicted molar refractivity (Wildman–Crippen MR) is 119 cm³/mol. The van der Waals surface area contributed by atoms with Crippen molar-refractivity contribution < 1.29 is 24.2 Å². The number of hydrogen-bond acceptors (Lipinski definition) is 5. The van der Waals surface area contributed by atoms with Gasteiger partial charge < -0.3 is 15.2 Å². The maximum absolute atomic E-state index is 12.9. The van der Waals surface area contributed by atoms with Crippen molar-refractivity contribution in [3.63, 3.8) is 0 Å². The van der Waals surface area contributed by atoms with Gasteiger partial charge in [-0.15, -0.1) is 11.6 Å². The lowest BCUT2D eigenvalue weighted by Gasteiger charge is -2.17. The molecule has 2 aromatic carbocycles. The van der Waals surface area contributed by atoms with E-state index in [4.69, 9.17) is 16.3 Å². The van der Waals surface area contributed by atoms with E-state index in [0.717, 1.165) is 5.56 Å². The molecule has 1 atom stereocenters. The summed E-state index contributed by atoms with van der Waals surface area (Å²) in [5.41, 5.74) is 2.03. The number of nitrogens with one attached hydrogen (secondary N) is 2. The van der Waals surface area contributed by atoms with Crippen LogP contribution in [0.1, 0.15) is 16.8 Å². The fraction of sp³-hybridized carbons (Fsp3) is 0.286. The third kappa shape index (κ3) is 6.96. The Bertz CT molecular complexity index is 879. The Hall–Kier alpha value is -2.71. The van der Waals surface area contributed by atoms with Crippen molar-refractivity contribution in [1.82, 2.24) is 5.32 Å². The summed E-state index contributed by atoms with van der Waals surface area (Å²) in [4.78, 5) is 36.2. The smallest absolute Gasteiger partial charge is 0.411 e. The third-order valence-corrected chi connectivity index (χ3v) is 4.92. The van der Waals surface area contributed by atoms with Crippen molar-refractivity contribution in [2.75, 3.05) is 29.8 Å². The molecule has 0 heterocycles. The van der Waals surface area contributed by atoms with Crippen LogP contribution in [0.4, 0.5) is 10.5 Å². The molecule has 3 N–H and O–H groups in total. The van der Waals surface area contributed by atoms with E-state index in [1.54, 1.807) is 18.2 Å². The summed E-state index contributed by atoms with van der Waals surface area (Å²) in [5, 5.41) is 14.6. The minimum atomic E-state index is -1.08. The van der Waals surface area contributed by atoms with Gasteiger partial charge in [0, 0.05) is 11.3 Å². The molecule has 160 valence electrons. The molecule has 2 rings (SSSR count). The lowest BCUT2D eigenvalue weighted by atomic mass is 9.98. The zero-order valence-corrected chi connectivity index (χ0v) is 18.0. The molecule has 1 unspecified atom stereocenters. The largest absolute Gasteiger partial charge is 0.480 e. The summed E-state index contributed by atoms with van der Waals surface area (Å²) in [6, 6.07) is 12.9. The average molecular weight is 451 g/mol. The van der Waals surface area contributed by atoms with Crippen LogP contribution in [0, 0.1) is 0 Å². The molecule has 9 heteroatoms. The zero-order chi connectivity index (χ0) is 21.9. The Morgan fingerprint density at radius 1 is 1.17 bits per heavy atom. The van der Waals surface area contributed by atoms with Gasteiger partial charge >= 0.3 is 12.1 Å². The summed E-state index contributed by atoms with van der Waals surface area (Å²) in [7, 11) is 0. The molecular formula is C21H23ClN2O5S. The lowest BCUT2D eigenvalue weighted by molar-refractivity contribution is -0.139. The number of hydrogen-bond donors (Lipinski definition) is 3. The van der Waals surface area contributed by atoms with Crippen molar-refractivity contribution in [2.24, 2.45) is 0 Å². The number of carbonyl (C=O) groups is 3. The Morgan fingerprint density at radius 3 is 2.53 bits per heavy atom. The second-order valence-electron chi connectivity index (χ2n) is 6.22. The molecule has 0 saturated heterocycles. The van der Waals surface area contributed by atoms with E-state index >= 15 is 0 Å². The number of anilines is 1. The van der Waals surface area contributed by atoms with Gasteiger partial charge in [0.05, 0.1) is 5.88 Å². The van der Waals surface area contributed by atoms with Gasteiger partial charge in [-0.2, -0.15) is 11.8 Å². The van der Waals surface area contributed by atoms with Gasteiger partial charge in [0.1, 0.15) is 12.6 Å². The van der Waals surface area contributed by atoms with E-state index in [1.807, 2.05) is 36.6 Å². The Kier molecular flexibility index (Phi) is 9.50. The van der Waals surface area contributed by atoms with Crippen LogP contribution in [0.3, 0.4) is 0 Å². The Balaban J connectivity index is 2.32. The average Bonchev–Trinajstić information content (AvgIpc) is 2.75. The summed E-state index contributed by atoms with van der Waals surface area (Å²) in [5.74, 6) is -0.795. The van der Waals surface area contributed by atoms with Crippen molar-refractivity contribution >= 4 is 47.0 Å². The molecule has 0 aromatic heterocycles. The molecule has 0 fully saturated rings. The van der Waals surface area contributed by atoms with Crippen molar-refractivity contribution in [3.05, 3.63) is 54.1 Å². The number of halogens is 1. The second kappa shape index (κ2) is 12.1. The number of benzene rings is 2. The van der Waals surface area contributed by atoms with Gasteiger partial charge in [-0.3, -0.25) is 10.1 Å². The highest BCUT2D eigenvalue weighted by molar-refractivity contribution is 7.98. The summed E-state index contributed by atoms with van der Waals surface area (Å²) < 4.78 is 4.91. The Labute approximate surface area is 184 Å². The zero-order valence-electron chi connectivity index (χ0n) is 16.4. The number of rotatable bonds is 10. The van der Waals surface area contributed by atoms with Gasteiger partial charge in [0.2, 0.25) is 0 Å². The van der Waals surface area contributed by atoms with Crippen LogP contribution in [-0.4, -0.2) is 53.6 Å². The summed E-state index contributed by atoms with van der Waals surface area (Å²) >= 11 is 7.02. The van der Waals surface area contributed by atoms with E-state index in [2.05, 4.69) is 10.6 Å². The quantitative estimate of drug-likeness (QED) is 0.471. The standard InChI is InChI=1S/C21H23ClN2O5S/c1-30-12-9-18(20(26)27)24-19(25)16-8-7-15(23-21(28)29-11-10-22)13-17(16)14-5-3-2-4-6-14/h2-8,13,18H,9-12H2,1H3,(H,23,28)(H,24,25)(H,26,27). The molecule has 0 saturated carbocycles. The number of carboxylic acids is 1. The van der Waals surface area contributed by atoms with Gasteiger partial charge in [0.25, 0.3) is 5.91 Å². The molecule has 30 heavy (non-hydrogen) atoms. The number of alkyl halides is 1. The highest BCUT2D eigenvalue weighted by Crippen LogP contribution is 2.27. The van der Waals surface area contributed by atoms with Crippen LogP contribution in [0.15, 0.2) is 48.5 Å². The molecule has 0 bridgehead atoms. The number of carboxylic acid groups (broad SMARTS) is 1. The number of thioether (sulfide) groups is 1. The lowest BCUT2D eigenvalue weighted by Crippen LogP contribution is -2.41. The van der Waals surface area contributed by atoms with Crippen LogP contribution >= 0.6 is 23.4 Å². The number of carbonyl (C=O) groups excluding carboxylic acids is 2. The highest BCUT2D eigenvalue weighted by atomic mass is 35.5. The molecule has 2 amide bonds. The van der Waals surface area contributed by atoms with Crippen molar-refractivity contribution in [2.45, 2.75) is 12.5 Å². The highest BCUT2D eigenvalue weighted by Gasteiger charge is 2.22. The van der Waals surface area contributed by atoms with E-state index in [0.29, 0.717) is 29.0 Å². The first-order valence-corrected chi connectivity index (χ1v) is 11.1. The van der Waals surface area contributed by atoms with Gasteiger partial charge in [-0.05, 0) is 47.8 Å². The summed E-state index contributed by atoms with van der Waals surface area (Å²) in [6.45, 7) is 0.0754. The Morgan fingerprint density at radius 2 is 1.90 bits per heavy atom. The maximum atomic E-state index is 12.9.